The normalized spacial score (nSPS) is 11.1. The maximum atomic E-state index is 10.9. The first kappa shape index (κ1) is 8.99. The smallest absolute Gasteiger partial charge is 0.308 e. The molecule has 1 heterocycles. The number of nitrogens with zero attached hydrogens (tertiary/aromatic N) is 1. The third kappa shape index (κ3) is 2.50. The van der Waals surface area contributed by atoms with Gasteiger partial charge < -0.3 is 4.18 Å². The van der Waals surface area contributed by atoms with Gasteiger partial charge in [-0.05, 0) is 19.1 Å². The summed E-state index contributed by atoms with van der Waals surface area (Å²) in [6, 6.07) is 3.15. The van der Waals surface area contributed by atoms with E-state index in [-0.39, 0.29) is 11.5 Å². The summed E-state index contributed by atoms with van der Waals surface area (Å²) in [5.74, 6) is 0.210. The molecule has 12 heavy (non-hydrogen) atoms. The summed E-state index contributed by atoms with van der Waals surface area (Å²) < 4.78 is 26.5. The van der Waals surface area contributed by atoms with E-state index < -0.39 is 10.1 Å². The standard InChI is InChI=1S/C7H9NO3S/c1-2-12(9,10)11-7-4-3-5-8-6-7/h3-6H,2H2,1H3. The van der Waals surface area contributed by atoms with Crippen molar-refractivity contribution in [2.75, 3.05) is 5.75 Å². The topological polar surface area (TPSA) is 56.3 Å². The predicted octanol–water partition coefficient (Wildman–Crippen LogP) is 0.810. The lowest BCUT2D eigenvalue weighted by atomic mass is 10.5. The second-order valence-corrected chi connectivity index (χ2v) is 3.98. The van der Waals surface area contributed by atoms with Crippen molar-refractivity contribution in [2.45, 2.75) is 6.92 Å². The second kappa shape index (κ2) is 3.53. The first-order chi connectivity index (χ1) is 5.64. The van der Waals surface area contributed by atoms with Crippen molar-refractivity contribution in [2.24, 2.45) is 0 Å². The van der Waals surface area contributed by atoms with Crippen LogP contribution in [-0.2, 0) is 10.1 Å². The van der Waals surface area contributed by atoms with Crippen LogP contribution in [0.3, 0.4) is 0 Å². The molecule has 5 heteroatoms. The minimum absolute atomic E-state index is 0.0398. The average molecular weight is 187 g/mol. The van der Waals surface area contributed by atoms with Crippen LogP contribution in [0.5, 0.6) is 5.75 Å². The Bertz CT molecular complexity index is 333. The minimum Gasteiger partial charge on any atom is -0.381 e. The molecule has 0 aliphatic rings. The van der Waals surface area contributed by atoms with Crippen LogP contribution in [0, 0.1) is 0 Å². The highest BCUT2D eigenvalue weighted by molar-refractivity contribution is 7.87. The molecule has 0 radical (unpaired) electrons. The van der Waals surface area contributed by atoms with E-state index in [1.54, 1.807) is 18.3 Å². The third-order valence-corrected chi connectivity index (χ3v) is 2.36. The van der Waals surface area contributed by atoms with Crippen molar-refractivity contribution in [3.63, 3.8) is 0 Å². The van der Waals surface area contributed by atoms with Crippen molar-refractivity contribution in [1.82, 2.24) is 4.98 Å². The fraction of sp³-hybridized carbons (Fsp3) is 0.286. The molecule has 0 saturated carbocycles. The molecule has 4 nitrogen and oxygen atoms in total. The Hall–Kier alpha value is -1.10. The van der Waals surface area contributed by atoms with Gasteiger partial charge in [0.05, 0.1) is 11.9 Å². The molecular formula is C7H9NO3S. The number of hydrogen-bond acceptors (Lipinski definition) is 4. The van der Waals surface area contributed by atoms with Gasteiger partial charge in [0.2, 0.25) is 0 Å². The van der Waals surface area contributed by atoms with E-state index >= 15 is 0 Å². The summed E-state index contributed by atoms with van der Waals surface area (Å²) in [6.45, 7) is 1.52. The Balaban J connectivity index is 2.78. The van der Waals surface area contributed by atoms with Crippen LogP contribution in [0.25, 0.3) is 0 Å². The van der Waals surface area contributed by atoms with Crippen LogP contribution >= 0.6 is 0 Å². The molecule has 1 rings (SSSR count). The van der Waals surface area contributed by atoms with E-state index in [4.69, 9.17) is 0 Å². The molecule has 0 aliphatic carbocycles. The van der Waals surface area contributed by atoms with E-state index in [1.165, 1.54) is 13.1 Å². The largest absolute Gasteiger partial charge is 0.381 e. The van der Waals surface area contributed by atoms with Gasteiger partial charge in [0.25, 0.3) is 0 Å². The monoisotopic (exact) mass is 187 g/mol. The molecule has 0 amide bonds. The molecular weight excluding hydrogens is 178 g/mol. The average Bonchev–Trinajstić information content (AvgIpc) is 2.06. The Labute approximate surface area is 71.3 Å². The molecule has 0 N–H and O–H groups in total. The number of rotatable bonds is 3. The van der Waals surface area contributed by atoms with Gasteiger partial charge in [-0.25, -0.2) is 0 Å². The predicted molar refractivity (Wildman–Crippen MR) is 44.3 cm³/mol. The highest BCUT2D eigenvalue weighted by Gasteiger charge is 2.07. The SMILES string of the molecule is CCS(=O)(=O)Oc1cccnc1. The molecule has 0 saturated heterocycles. The van der Waals surface area contributed by atoms with Gasteiger partial charge in [0.15, 0.2) is 5.75 Å². The quantitative estimate of drug-likeness (QED) is 0.657. The van der Waals surface area contributed by atoms with Crippen LogP contribution in [0.4, 0.5) is 0 Å². The van der Waals surface area contributed by atoms with Gasteiger partial charge in [0.1, 0.15) is 0 Å². The van der Waals surface area contributed by atoms with E-state index in [2.05, 4.69) is 9.17 Å². The summed E-state index contributed by atoms with van der Waals surface area (Å²) >= 11 is 0. The number of aromatic nitrogens is 1. The lowest BCUT2D eigenvalue weighted by Crippen LogP contribution is -2.11. The van der Waals surface area contributed by atoms with E-state index in [1.807, 2.05) is 0 Å². The fourth-order valence-corrected chi connectivity index (χ4v) is 1.11. The molecule has 0 spiro atoms. The Morgan fingerprint density at radius 1 is 1.58 bits per heavy atom. The van der Waals surface area contributed by atoms with Crippen molar-refractivity contribution < 1.29 is 12.6 Å². The first-order valence-corrected chi connectivity index (χ1v) is 5.04. The fourth-order valence-electron chi connectivity index (χ4n) is 0.602. The van der Waals surface area contributed by atoms with E-state index in [0.29, 0.717) is 0 Å². The van der Waals surface area contributed by atoms with Crippen LogP contribution in [0.2, 0.25) is 0 Å². The molecule has 0 atom stereocenters. The molecule has 1 aromatic rings. The molecule has 0 aromatic carbocycles. The highest BCUT2D eigenvalue weighted by Crippen LogP contribution is 2.09. The van der Waals surface area contributed by atoms with E-state index in [0.717, 1.165) is 0 Å². The summed E-state index contributed by atoms with van der Waals surface area (Å²) in [7, 11) is -3.41. The Morgan fingerprint density at radius 2 is 2.33 bits per heavy atom. The van der Waals surface area contributed by atoms with Crippen LogP contribution in [-0.4, -0.2) is 19.2 Å². The Kier molecular flexibility index (Phi) is 2.65. The zero-order valence-corrected chi connectivity index (χ0v) is 7.41. The van der Waals surface area contributed by atoms with Gasteiger partial charge in [0, 0.05) is 6.20 Å². The summed E-state index contributed by atoms with van der Waals surface area (Å²) in [5, 5.41) is 0. The van der Waals surface area contributed by atoms with Gasteiger partial charge in [-0.2, -0.15) is 8.42 Å². The zero-order chi connectivity index (χ0) is 9.03. The summed E-state index contributed by atoms with van der Waals surface area (Å²) in [6.07, 6.45) is 2.90. The Morgan fingerprint density at radius 3 is 2.83 bits per heavy atom. The summed E-state index contributed by atoms with van der Waals surface area (Å²) in [5.41, 5.74) is 0. The lowest BCUT2D eigenvalue weighted by molar-refractivity contribution is 0.486. The molecule has 1 aromatic heterocycles. The lowest BCUT2D eigenvalue weighted by Gasteiger charge is -2.02. The van der Waals surface area contributed by atoms with Crippen LogP contribution < -0.4 is 4.18 Å². The van der Waals surface area contributed by atoms with Gasteiger partial charge >= 0.3 is 10.1 Å². The van der Waals surface area contributed by atoms with Crippen molar-refractivity contribution in [3.05, 3.63) is 24.5 Å². The maximum Gasteiger partial charge on any atom is 0.308 e. The number of pyridine rings is 1. The highest BCUT2D eigenvalue weighted by atomic mass is 32.2. The van der Waals surface area contributed by atoms with Crippen molar-refractivity contribution >= 4 is 10.1 Å². The van der Waals surface area contributed by atoms with Crippen LogP contribution in [0.15, 0.2) is 24.5 Å². The molecule has 0 bridgehead atoms. The maximum absolute atomic E-state index is 10.9. The second-order valence-electron chi connectivity index (χ2n) is 2.12. The molecule has 0 unspecified atom stereocenters. The van der Waals surface area contributed by atoms with Crippen molar-refractivity contribution in [3.8, 4) is 5.75 Å². The molecule has 66 valence electrons. The third-order valence-electron chi connectivity index (χ3n) is 1.21. The number of hydrogen-bond donors (Lipinski definition) is 0. The van der Waals surface area contributed by atoms with E-state index in [9.17, 15) is 8.42 Å². The minimum atomic E-state index is -3.41. The first-order valence-electron chi connectivity index (χ1n) is 3.46. The summed E-state index contributed by atoms with van der Waals surface area (Å²) in [4.78, 5) is 3.71. The van der Waals surface area contributed by atoms with Gasteiger partial charge in [-0.15, -0.1) is 0 Å². The molecule has 0 aliphatic heterocycles. The zero-order valence-electron chi connectivity index (χ0n) is 6.60. The van der Waals surface area contributed by atoms with Crippen LogP contribution in [0.1, 0.15) is 6.92 Å². The van der Waals surface area contributed by atoms with Crippen molar-refractivity contribution in [1.29, 1.82) is 0 Å². The van der Waals surface area contributed by atoms with Gasteiger partial charge in [-0.3, -0.25) is 4.98 Å². The van der Waals surface area contributed by atoms with Gasteiger partial charge in [-0.1, -0.05) is 0 Å². The molecule has 0 fully saturated rings.